The molecule has 0 aliphatic heterocycles. The molecule has 2 aromatic rings. The van der Waals surface area contributed by atoms with Crippen molar-refractivity contribution < 1.29 is 9.26 Å². The lowest BCUT2D eigenvalue weighted by Crippen LogP contribution is -2.32. The molecule has 21 heavy (non-hydrogen) atoms. The molecule has 1 atom stereocenters. The lowest BCUT2D eigenvalue weighted by Gasteiger charge is -2.11. The zero-order chi connectivity index (χ0) is 15.1. The second kappa shape index (κ2) is 8.17. The van der Waals surface area contributed by atoms with Gasteiger partial charge in [0.25, 0.3) is 0 Å². The minimum absolute atomic E-state index is 0.173. The van der Waals surface area contributed by atoms with Gasteiger partial charge in [-0.1, -0.05) is 12.1 Å². The summed E-state index contributed by atoms with van der Waals surface area (Å²) in [4.78, 5) is 5.70. The van der Waals surface area contributed by atoms with E-state index in [0.717, 1.165) is 11.3 Å². The largest absolute Gasteiger partial charge is 0.383 e. The van der Waals surface area contributed by atoms with Gasteiger partial charge >= 0.3 is 0 Å². The number of nitrogens with one attached hydrogen (secondary N) is 1. The highest BCUT2D eigenvalue weighted by Gasteiger charge is 2.14. The summed E-state index contributed by atoms with van der Waals surface area (Å²) >= 11 is 1.81. The van der Waals surface area contributed by atoms with Crippen molar-refractivity contribution in [3.63, 3.8) is 0 Å². The van der Waals surface area contributed by atoms with Crippen LogP contribution in [-0.4, -0.2) is 42.7 Å². The molecule has 1 aromatic heterocycles. The predicted molar refractivity (Wildman–Crippen MR) is 84.6 cm³/mol. The number of hydrogen-bond acceptors (Lipinski definition) is 6. The van der Waals surface area contributed by atoms with Crippen molar-refractivity contribution in [2.45, 2.75) is 24.3 Å². The fourth-order valence-electron chi connectivity index (χ4n) is 1.98. The van der Waals surface area contributed by atoms with E-state index in [1.807, 2.05) is 30.9 Å². The van der Waals surface area contributed by atoms with Crippen molar-refractivity contribution in [2.24, 2.45) is 0 Å². The van der Waals surface area contributed by atoms with Gasteiger partial charge in [0.15, 0.2) is 0 Å². The van der Waals surface area contributed by atoms with Crippen LogP contribution in [0.2, 0.25) is 0 Å². The van der Waals surface area contributed by atoms with Crippen LogP contribution < -0.4 is 5.32 Å². The van der Waals surface area contributed by atoms with Crippen LogP contribution in [0.5, 0.6) is 0 Å². The summed E-state index contributed by atoms with van der Waals surface area (Å²) in [6.07, 6.45) is 0.654. The fraction of sp³-hybridized carbons (Fsp3) is 0.467. The molecule has 2 rings (SSSR count). The van der Waals surface area contributed by atoms with Crippen molar-refractivity contribution in [1.29, 1.82) is 0 Å². The molecule has 0 spiro atoms. The Labute approximate surface area is 129 Å². The molecular weight excluding hydrogens is 286 g/mol. The lowest BCUT2D eigenvalue weighted by atomic mass is 10.2. The Bertz CT molecular complexity index is 542. The zero-order valence-electron chi connectivity index (χ0n) is 12.6. The maximum atomic E-state index is 5.31. The number of methoxy groups -OCH3 is 1. The third kappa shape index (κ3) is 4.56. The van der Waals surface area contributed by atoms with E-state index >= 15 is 0 Å². The number of benzene rings is 1. The number of ether oxygens (including phenoxy) is 1. The highest BCUT2D eigenvalue weighted by Crippen LogP contribution is 2.22. The molecular formula is C15H21N3O2S. The third-order valence-corrected chi connectivity index (χ3v) is 3.98. The van der Waals surface area contributed by atoms with E-state index in [4.69, 9.17) is 9.26 Å². The standard InChI is InChI=1S/C15H21N3O2S/c1-4-21-13-7-5-11(6-8-13)15-17-14(20-18-15)9-12(16-2)10-19-3/h5-8,12,16H,4,9-10H2,1-3H3. The van der Waals surface area contributed by atoms with Crippen LogP contribution in [0.15, 0.2) is 33.7 Å². The fourth-order valence-corrected chi connectivity index (χ4v) is 2.64. The average Bonchev–Trinajstić information content (AvgIpc) is 2.96. The second-order valence-corrected chi connectivity index (χ2v) is 5.95. The molecule has 0 saturated carbocycles. The van der Waals surface area contributed by atoms with E-state index in [1.54, 1.807) is 7.11 Å². The minimum Gasteiger partial charge on any atom is -0.383 e. The van der Waals surface area contributed by atoms with E-state index in [2.05, 4.69) is 34.5 Å². The van der Waals surface area contributed by atoms with Crippen molar-refractivity contribution >= 4 is 11.8 Å². The minimum atomic E-state index is 0.173. The maximum Gasteiger partial charge on any atom is 0.228 e. The summed E-state index contributed by atoms with van der Waals surface area (Å²) in [5.74, 6) is 2.31. The van der Waals surface area contributed by atoms with Gasteiger partial charge in [-0.2, -0.15) is 4.98 Å². The summed E-state index contributed by atoms with van der Waals surface area (Å²) in [6, 6.07) is 8.39. The Hall–Kier alpha value is -1.37. The molecule has 0 bridgehead atoms. The summed E-state index contributed by atoms with van der Waals surface area (Å²) in [5, 5.41) is 7.21. The normalized spacial score (nSPS) is 12.5. The molecule has 1 heterocycles. The van der Waals surface area contributed by atoms with Crippen LogP contribution >= 0.6 is 11.8 Å². The number of aromatic nitrogens is 2. The molecule has 114 valence electrons. The smallest absolute Gasteiger partial charge is 0.228 e. The van der Waals surface area contributed by atoms with E-state index in [-0.39, 0.29) is 6.04 Å². The van der Waals surface area contributed by atoms with Crippen molar-refractivity contribution in [3.8, 4) is 11.4 Å². The van der Waals surface area contributed by atoms with E-state index in [1.165, 1.54) is 4.90 Å². The molecule has 6 heteroatoms. The van der Waals surface area contributed by atoms with Crippen LogP contribution in [0.1, 0.15) is 12.8 Å². The Morgan fingerprint density at radius 1 is 1.33 bits per heavy atom. The number of rotatable bonds is 8. The zero-order valence-corrected chi connectivity index (χ0v) is 13.4. The lowest BCUT2D eigenvalue weighted by molar-refractivity contribution is 0.165. The molecule has 1 unspecified atom stereocenters. The van der Waals surface area contributed by atoms with E-state index in [9.17, 15) is 0 Å². The molecule has 1 aromatic carbocycles. The van der Waals surface area contributed by atoms with Gasteiger partial charge in [-0.05, 0) is 37.1 Å². The van der Waals surface area contributed by atoms with Crippen LogP contribution in [0, 0.1) is 0 Å². The number of thioether (sulfide) groups is 1. The van der Waals surface area contributed by atoms with E-state index in [0.29, 0.717) is 24.7 Å². The molecule has 0 fully saturated rings. The average molecular weight is 307 g/mol. The predicted octanol–water partition coefficient (Wildman–Crippen LogP) is 2.63. The molecule has 0 saturated heterocycles. The first kappa shape index (κ1) is 16.0. The topological polar surface area (TPSA) is 60.2 Å². The molecule has 0 aliphatic carbocycles. The first-order chi connectivity index (χ1) is 10.3. The van der Waals surface area contributed by atoms with Gasteiger partial charge in [-0.15, -0.1) is 11.8 Å². The Morgan fingerprint density at radius 2 is 2.10 bits per heavy atom. The van der Waals surface area contributed by atoms with Crippen LogP contribution in [0.4, 0.5) is 0 Å². The number of likely N-dealkylation sites (N-methyl/N-ethyl adjacent to an activating group) is 1. The van der Waals surface area contributed by atoms with Crippen LogP contribution in [-0.2, 0) is 11.2 Å². The van der Waals surface area contributed by atoms with Gasteiger partial charge in [0, 0.05) is 30.0 Å². The molecule has 0 amide bonds. The SMILES string of the molecule is CCSc1ccc(-c2noc(CC(COC)NC)n2)cc1. The van der Waals surface area contributed by atoms with Gasteiger partial charge < -0.3 is 14.6 Å². The molecule has 0 aliphatic rings. The van der Waals surface area contributed by atoms with Crippen LogP contribution in [0.25, 0.3) is 11.4 Å². The summed E-state index contributed by atoms with van der Waals surface area (Å²) in [5.41, 5.74) is 0.971. The first-order valence-electron chi connectivity index (χ1n) is 6.98. The van der Waals surface area contributed by atoms with Gasteiger partial charge in [0.05, 0.1) is 6.61 Å². The van der Waals surface area contributed by atoms with Gasteiger partial charge in [0.2, 0.25) is 11.7 Å². The highest BCUT2D eigenvalue weighted by atomic mass is 32.2. The quantitative estimate of drug-likeness (QED) is 0.757. The van der Waals surface area contributed by atoms with Crippen molar-refractivity contribution in [3.05, 3.63) is 30.2 Å². The first-order valence-corrected chi connectivity index (χ1v) is 7.97. The Morgan fingerprint density at radius 3 is 2.71 bits per heavy atom. The maximum absolute atomic E-state index is 5.31. The molecule has 0 radical (unpaired) electrons. The third-order valence-electron chi connectivity index (χ3n) is 3.09. The van der Waals surface area contributed by atoms with Crippen molar-refractivity contribution in [1.82, 2.24) is 15.5 Å². The highest BCUT2D eigenvalue weighted by molar-refractivity contribution is 7.99. The summed E-state index contributed by atoms with van der Waals surface area (Å²) in [6.45, 7) is 2.75. The van der Waals surface area contributed by atoms with Gasteiger partial charge in [-0.3, -0.25) is 0 Å². The van der Waals surface area contributed by atoms with Crippen molar-refractivity contribution in [2.75, 3.05) is 26.5 Å². The summed E-state index contributed by atoms with van der Waals surface area (Å²) in [7, 11) is 3.57. The molecule has 5 nitrogen and oxygen atoms in total. The van der Waals surface area contributed by atoms with E-state index < -0.39 is 0 Å². The number of hydrogen-bond donors (Lipinski definition) is 1. The Kier molecular flexibility index (Phi) is 6.22. The van der Waals surface area contributed by atoms with Crippen LogP contribution in [0.3, 0.4) is 0 Å². The summed E-state index contributed by atoms with van der Waals surface area (Å²) < 4.78 is 10.5. The number of nitrogens with zero attached hydrogens (tertiary/aromatic N) is 2. The second-order valence-electron chi connectivity index (χ2n) is 4.61. The van der Waals surface area contributed by atoms with Gasteiger partial charge in [-0.25, -0.2) is 0 Å². The monoisotopic (exact) mass is 307 g/mol. The van der Waals surface area contributed by atoms with Gasteiger partial charge in [0.1, 0.15) is 0 Å². The molecule has 1 N–H and O–H groups in total. The Balaban J connectivity index is 2.04.